The standard InChI is InChI=1S/C14H10F2O2/c15-12-11(13(12)16)14(17)18-10-6-5-8-3-1-2-4-9(8)7-10/h1-7,11-13H. The second-order valence-corrected chi connectivity index (χ2v) is 4.34. The zero-order valence-electron chi connectivity index (χ0n) is 9.35. The zero-order chi connectivity index (χ0) is 12.7. The second kappa shape index (κ2) is 4.05. The van der Waals surface area contributed by atoms with Crippen molar-refractivity contribution in [3.05, 3.63) is 42.5 Å². The van der Waals surface area contributed by atoms with Crippen LogP contribution in [0.25, 0.3) is 10.8 Å². The van der Waals surface area contributed by atoms with Crippen LogP contribution in [0.5, 0.6) is 5.75 Å². The maximum absolute atomic E-state index is 12.7. The first-order valence-corrected chi connectivity index (χ1v) is 5.65. The third-order valence-corrected chi connectivity index (χ3v) is 3.06. The topological polar surface area (TPSA) is 26.3 Å². The molecule has 2 aromatic rings. The molecule has 3 rings (SSSR count). The van der Waals surface area contributed by atoms with Crippen molar-refractivity contribution in [1.82, 2.24) is 0 Å². The van der Waals surface area contributed by atoms with E-state index >= 15 is 0 Å². The summed E-state index contributed by atoms with van der Waals surface area (Å²) in [5.74, 6) is -1.79. The highest BCUT2D eigenvalue weighted by atomic mass is 19.2. The Hall–Kier alpha value is -1.97. The fourth-order valence-corrected chi connectivity index (χ4v) is 1.91. The van der Waals surface area contributed by atoms with E-state index in [0.29, 0.717) is 5.75 Å². The lowest BCUT2D eigenvalue weighted by molar-refractivity contribution is -0.136. The molecule has 1 aliphatic rings. The van der Waals surface area contributed by atoms with Gasteiger partial charge >= 0.3 is 5.97 Å². The van der Waals surface area contributed by atoms with E-state index in [1.165, 1.54) is 0 Å². The highest BCUT2D eigenvalue weighted by Gasteiger charge is 2.58. The van der Waals surface area contributed by atoms with Crippen LogP contribution in [0.15, 0.2) is 42.5 Å². The van der Waals surface area contributed by atoms with Crippen molar-refractivity contribution in [3.8, 4) is 5.75 Å². The van der Waals surface area contributed by atoms with Gasteiger partial charge < -0.3 is 4.74 Å². The van der Waals surface area contributed by atoms with Crippen LogP contribution in [0.4, 0.5) is 8.78 Å². The third kappa shape index (κ3) is 1.83. The number of carbonyl (C=O) groups excluding carboxylic acids is 1. The van der Waals surface area contributed by atoms with Gasteiger partial charge in [0.05, 0.1) is 0 Å². The SMILES string of the molecule is O=C(Oc1ccc2ccccc2c1)C1C(F)C1F. The second-order valence-electron chi connectivity index (χ2n) is 4.34. The van der Waals surface area contributed by atoms with Crippen LogP contribution in [-0.4, -0.2) is 18.3 Å². The summed E-state index contributed by atoms with van der Waals surface area (Å²) in [6.45, 7) is 0. The fourth-order valence-electron chi connectivity index (χ4n) is 1.91. The first-order chi connectivity index (χ1) is 8.66. The van der Waals surface area contributed by atoms with E-state index in [1.807, 2.05) is 24.3 Å². The van der Waals surface area contributed by atoms with Gasteiger partial charge in [0.15, 0.2) is 0 Å². The van der Waals surface area contributed by atoms with E-state index < -0.39 is 24.2 Å². The van der Waals surface area contributed by atoms with Gasteiger partial charge in [0, 0.05) is 0 Å². The minimum Gasteiger partial charge on any atom is -0.426 e. The lowest BCUT2D eigenvalue weighted by atomic mass is 10.1. The predicted octanol–water partition coefficient (Wildman–Crippen LogP) is 3.05. The number of hydrogen-bond donors (Lipinski definition) is 0. The van der Waals surface area contributed by atoms with Crippen LogP contribution in [0.3, 0.4) is 0 Å². The van der Waals surface area contributed by atoms with Gasteiger partial charge in [-0.3, -0.25) is 4.79 Å². The van der Waals surface area contributed by atoms with Crippen molar-refractivity contribution in [1.29, 1.82) is 0 Å². The van der Waals surface area contributed by atoms with Gasteiger partial charge in [-0.05, 0) is 22.9 Å². The molecular weight excluding hydrogens is 238 g/mol. The molecule has 1 saturated carbocycles. The number of esters is 1. The average Bonchev–Trinajstić information content (AvgIpc) is 2.97. The third-order valence-electron chi connectivity index (χ3n) is 3.06. The van der Waals surface area contributed by atoms with E-state index in [-0.39, 0.29) is 0 Å². The first-order valence-electron chi connectivity index (χ1n) is 5.65. The Kier molecular flexibility index (Phi) is 2.51. The summed E-state index contributed by atoms with van der Waals surface area (Å²) in [4.78, 5) is 11.4. The lowest BCUT2D eigenvalue weighted by Gasteiger charge is -2.04. The monoisotopic (exact) mass is 248 g/mol. The Morgan fingerprint density at radius 1 is 1.00 bits per heavy atom. The fraction of sp³-hybridized carbons (Fsp3) is 0.214. The maximum atomic E-state index is 12.7. The molecule has 2 unspecified atom stereocenters. The van der Waals surface area contributed by atoms with E-state index in [2.05, 4.69) is 0 Å². The summed E-state index contributed by atoms with van der Waals surface area (Å²) in [6.07, 6.45) is -3.42. The minimum atomic E-state index is -1.71. The molecule has 0 aliphatic heterocycles. The van der Waals surface area contributed by atoms with Crippen LogP contribution in [-0.2, 0) is 4.79 Å². The number of benzene rings is 2. The number of hydrogen-bond acceptors (Lipinski definition) is 2. The van der Waals surface area contributed by atoms with E-state index in [9.17, 15) is 13.6 Å². The van der Waals surface area contributed by atoms with Crippen molar-refractivity contribution in [2.45, 2.75) is 12.3 Å². The Morgan fingerprint density at radius 3 is 2.33 bits per heavy atom. The summed E-state index contributed by atoms with van der Waals surface area (Å²) in [7, 11) is 0. The van der Waals surface area contributed by atoms with Gasteiger partial charge in [0.1, 0.15) is 24.0 Å². The minimum absolute atomic E-state index is 0.310. The van der Waals surface area contributed by atoms with Crippen molar-refractivity contribution in [2.75, 3.05) is 0 Å². The lowest BCUT2D eigenvalue weighted by Crippen LogP contribution is -2.12. The molecular formula is C14H10F2O2. The molecule has 0 saturated heterocycles. The highest BCUT2D eigenvalue weighted by molar-refractivity contribution is 5.85. The van der Waals surface area contributed by atoms with Gasteiger partial charge in [0.2, 0.25) is 0 Å². The van der Waals surface area contributed by atoms with Gasteiger partial charge in [-0.25, -0.2) is 8.78 Å². The molecule has 0 N–H and O–H groups in total. The van der Waals surface area contributed by atoms with Crippen molar-refractivity contribution >= 4 is 16.7 Å². The predicted molar refractivity (Wildman–Crippen MR) is 62.9 cm³/mol. The number of fused-ring (bicyclic) bond motifs is 1. The summed E-state index contributed by atoms with van der Waals surface area (Å²) >= 11 is 0. The zero-order valence-corrected chi connectivity index (χ0v) is 9.35. The Morgan fingerprint density at radius 2 is 1.67 bits per heavy atom. The number of ether oxygens (including phenoxy) is 1. The summed E-state index contributed by atoms with van der Waals surface area (Å²) < 4.78 is 30.4. The quantitative estimate of drug-likeness (QED) is 0.603. The molecule has 1 aliphatic carbocycles. The maximum Gasteiger partial charge on any atom is 0.320 e. The van der Waals surface area contributed by atoms with E-state index in [1.54, 1.807) is 18.2 Å². The Bertz CT molecular complexity index is 604. The molecule has 92 valence electrons. The molecule has 0 amide bonds. The normalized spacial score (nSPS) is 26.0. The Labute approximate surface area is 102 Å². The molecule has 0 spiro atoms. The van der Waals surface area contributed by atoms with E-state index in [0.717, 1.165) is 10.8 Å². The van der Waals surface area contributed by atoms with Gasteiger partial charge in [0.25, 0.3) is 0 Å². The summed E-state index contributed by atoms with van der Waals surface area (Å²) in [5.41, 5.74) is 0. The molecule has 0 bridgehead atoms. The average molecular weight is 248 g/mol. The van der Waals surface area contributed by atoms with Gasteiger partial charge in [-0.1, -0.05) is 30.3 Å². The summed E-state index contributed by atoms with van der Waals surface area (Å²) in [5, 5.41) is 1.92. The van der Waals surface area contributed by atoms with Crippen LogP contribution < -0.4 is 4.74 Å². The number of alkyl halides is 2. The molecule has 18 heavy (non-hydrogen) atoms. The molecule has 2 atom stereocenters. The molecule has 0 heterocycles. The van der Waals surface area contributed by atoms with Crippen molar-refractivity contribution in [3.63, 3.8) is 0 Å². The van der Waals surface area contributed by atoms with Gasteiger partial charge in [-0.15, -0.1) is 0 Å². The highest BCUT2D eigenvalue weighted by Crippen LogP contribution is 2.39. The smallest absolute Gasteiger partial charge is 0.320 e. The Balaban J connectivity index is 1.81. The van der Waals surface area contributed by atoms with Crippen LogP contribution in [0.2, 0.25) is 0 Å². The van der Waals surface area contributed by atoms with Crippen LogP contribution in [0.1, 0.15) is 0 Å². The van der Waals surface area contributed by atoms with Crippen LogP contribution >= 0.6 is 0 Å². The molecule has 2 nitrogen and oxygen atoms in total. The number of rotatable bonds is 2. The van der Waals surface area contributed by atoms with E-state index in [4.69, 9.17) is 4.74 Å². The van der Waals surface area contributed by atoms with Crippen molar-refractivity contribution < 1.29 is 18.3 Å². The number of carbonyl (C=O) groups is 1. The molecule has 4 heteroatoms. The largest absolute Gasteiger partial charge is 0.426 e. The van der Waals surface area contributed by atoms with Crippen molar-refractivity contribution in [2.24, 2.45) is 5.92 Å². The summed E-state index contributed by atoms with van der Waals surface area (Å²) in [6, 6.07) is 12.7. The molecule has 2 aromatic carbocycles. The molecule has 1 fully saturated rings. The molecule has 0 aromatic heterocycles. The van der Waals surface area contributed by atoms with Gasteiger partial charge in [-0.2, -0.15) is 0 Å². The number of halogens is 2. The first kappa shape index (κ1) is 11.1. The molecule has 0 radical (unpaired) electrons. The van der Waals surface area contributed by atoms with Crippen LogP contribution in [0, 0.1) is 5.92 Å².